The number of benzene rings is 3. The number of aryl methyl sites for hydroxylation is 1. The van der Waals surface area contributed by atoms with E-state index >= 15 is 0 Å². The molecule has 5 rings (SSSR count). The third-order valence-corrected chi connectivity index (χ3v) is 7.21. The number of esters is 1. The molecule has 1 aromatic heterocycles. The lowest BCUT2D eigenvalue weighted by Crippen LogP contribution is -2.58. The van der Waals surface area contributed by atoms with E-state index in [0.29, 0.717) is 29.7 Å². The van der Waals surface area contributed by atoms with Crippen molar-refractivity contribution in [2.24, 2.45) is 7.05 Å². The minimum absolute atomic E-state index is 0.362. The van der Waals surface area contributed by atoms with E-state index in [1.54, 1.807) is 7.11 Å². The van der Waals surface area contributed by atoms with Crippen LogP contribution in [0.25, 0.3) is 10.9 Å². The molecule has 0 aliphatic heterocycles. The molecule has 1 N–H and O–H groups in total. The van der Waals surface area contributed by atoms with Gasteiger partial charge in [0.05, 0.1) is 14.2 Å². The minimum Gasteiger partial charge on any atom is -0.497 e. The average molecular weight is 442 g/mol. The molecular weight excluding hydrogens is 414 g/mol. The molecule has 2 unspecified atom stereocenters. The van der Waals surface area contributed by atoms with E-state index < -0.39 is 17.0 Å². The molecule has 1 aliphatic rings. The number of rotatable bonds is 4. The molecule has 33 heavy (non-hydrogen) atoms. The van der Waals surface area contributed by atoms with Crippen LogP contribution in [0.15, 0.2) is 78.9 Å². The number of para-hydroxylation sites is 1. The lowest BCUT2D eigenvalue weighted by Gasteiger charge is -2.49. The maximum absolute atomic E-state index is 14.0. The van der Waals surface area contributed by atoms with Crippen molar-refractivity contribution in [3.63, 3.8) is 0 Å². The number of carbonyl (C=O) groups is 1. The number of ether oxygens (including phenoxy) is 2. The summed E-state index contributed by atoms with van der Waals surface area (Å²) < 4.78 is 13.0. The summed E-state index contributed by atoms with van der Waals surface area (Å²) in [6, 6.07) is 24.9. The molecule has 3 aromatic carbocycles. The van der Waals surface area contributed by atoms with Gasteiger partial charge in [-0.3, -0.25) is 4.79 Å². The maximum Gasteiger partial charge on any atom is 0.324 e. The Morgan fingerprint density at radius 2 is 1.58 bits per heavy atom. The van der Waals surface area contributed by atoms with Crippen molar-refractivity contribution in [2.45, 2.75) is 23.9 Å². The second-order valence-electron chi connectivity index (χ2n) is 8.59. The Balaban J connectivity index is 1.94. The Morgan fingerprint density at radius 1 is 0.909 bits per heavy atom. The van der Waals surface area contributed by atoms with Gasteiger partial charge in [-0.05, 0) is 42.2 Å². The Labute approximate surface area is 193 Å². The highest BCUT2D eigenvalue weighted by Crippen LogP contribution is 2.57. The molecule has 5 heteroatoms. The highest BCUT2D eigenvalue weighted by molar-refractivity contribution is 5.99. The molecule has 1 aliphatic carbocycles. The molecule has 0 amide bonds. The molecule has 0 spiro atoms. The number of hydrogen-bond acceptors (Lipinski definition) is 4. The summed E-state index contributed by atoms with van der Waals surface area (Å²) in [5.41, 5.74) is 1.22. The lowest BCUT2D eigenvalue weighted by atomic mass is 9.55. The van der Waals surface area contributed by atoms with Crippen LogP contribution in [0.2, 0.25) is 0 Å². The van der Waals surface area contributed by atoms with Gasteiger partial charge in [0.15, 0.2) is 5.41 Å². The third-order valence-electron chi connectivity index (χ3n) is 7.21. The topological polar surface area (TPSA) is 60.7 Å². The van der Waals surface area contributed by atoms with Gasteiger partial charge in [0.1, 0.15) is 11.4 Å². The van der Waals surface area contributed by atoms with Crippen LogP contribution in [0.4, 0.5) is 0 Å². The zero-order chi connectivity index (χ0) is 23.2. The first-order valence-electron chi connectivity index (χ1n) is 11.1. The van der Waals surface area contributed by atoms with Gasteiger partial charge in [-0.15, -0.1) is 0 Å². The van der Waals surface area contributed by atoms with Crippen LogP contribution in [-0.4, -0.2) is 29.9 Å². The maximum atomic E-state index is 14.0. The van der Waals surface area contributed by atoms with E-state index in [1.165, 1.54) is 7.11 Å². The molecule has 168 valence electrons. The van der Waals surface area contributed by atoms with E-state index in [0.717, 1.165) is 22.2 Å². The predicted molar refractivity (Wildman–Crippen MR) is 127 cm³/mol. The van der Waals surface area contributed by atoms with Gasteiger partial charge in [0.2, 0.25) is 0 Å². The van der Waals surface area contributed by atoms with Gasteiger partial charge in [-0.2, -0.15) is 0 Å². The van der Waals surface area contributed by atoms with E-state index in [-0.39, 0.29) is 0 Å². The quantitative estimate of drug-likeness (QED) is 0.475. The van der Waals surface area contributed by atoms with Crippen molar-refractivity contribution in [3.05, 3.63) is 101 Å². The summed E-state index contributed by atoms with van der Waals surface area (Å²) in [7, 11) is 5.02. The van der Waals surface area contributed by atoms with Crippen molar-refractivity contribution < 1.29 is 19.4 Å². The van der Waals surface area contributed by atoms with E-state index in [9.17, 15) is 9.90 Å². The van der Waals surface area contributed by atoms with Gasteiger partial charge in [-0.25, -0.2) is 0 Å². The number of fused-ring (bicyclic) bond motifs is 3. The first-order valence-corrected chi connectivity index (χ1v) is 11.1. The zero-order valence-electron chi connectivity index (χ0n) is 19.0. The predicted octanol–water partition coefficient (Wildman–Crippen LogP) is 4.48. The zero-order valence-corrected chi connectivity index (χ0v) is 19.0. The first kappa shape index (κ1) is 21.3. The van der Waals surface area contributed by atoms with Gasteiger partial charge < -0.3 is 19.1 Å². The Hall–Kier alpha value is -3.57. The first-order chi connectivity index (χ1) is 16.0. The number of aromatic nitrogens is 1. The SMILES string of the molecule is COC(=O)C1(c2ccccc2)c2c(n(C)c3ccccc23)CCC1(O)c1ccc(OC)cc1. The van der Waals surface area contributed by atoms with Crippen LogP contribution in [0, 0.1) is 0 Å². The molecule has 2 atom stereocenters. The van der Waals surface area contributed by atoms with Gasteiger partial charge in [-0.1, -0.05) is 60.7 Å². The molecule has 0 saturated carbocycles. The summed E-state index contributed by atoms with van der Waals surface area (Å²) in [4.78, 5) is 14.0. The largest absolute Gasteiger partial charge is 0.497 e. The summed E-state index contributed by atoms with van der Waals surface area (Å²) in [6.07, 6.45) is 0.981. The molecule has 5 nitrogen and oxygen atoms in total. The van der Waals surface area contributed by atoms with Crippen molar-refractivity contribution in [2.75, 3.05) is 14.2 Å². The molecule has 0 bridgehead atoms. The van der Waals surface area contributed by atoms with Crippen molar-refractivity contribution in [3.8, 4) is 5.75 Å². The smallest absolute Gasteiger partial charge is 0.324 e. The van der Waals surface area contributed by atoms with Crippen LogP contribution >= 0.6 is 0 Å². The molecule has 0 fully saturated rings. The summed E-state index contributed by atoms with van der Waals surface area (Å²) in [5.74, 6) is 0.205. The monoisotopic (exact) mass is 441 g/mol. The highest BCUT2D eigenvalue weighted by Gasteiger charge is 2.63. The van der Waals surface area contributed by atoms with Crippen LogP contribution < -0.4 is 4.74 Å². The normalized spacial score (nSPS) is 22.1. The third kappa shape index (κ3) is 2.79. The van der Waals surface area contributed by atoms with Gasteiger partial charge >= 0.3 is 5.97 Å². The molecular formula is C28H27NO4. The average Bonchev–Trinajstić information content (AvgIpc) is 3.16. The van der Waals surface area contributed by atoms with Crippen molar-refractivity contribution >= 4 is 16.9 Å². The summed E-state index contributed by atoms with van der Waals surface area (Å²) in [6.45, 7) is 0. The Bertz CT molecular complexity index is 1330. The van der Waals surface area contributed by atoms with Crippen molar-refractivity contribution in [1.82, 2.24) is 4.57 Å². The number of aliphatic hydroxyl groups is 1. The van der Waals surface area contributed by atoms with E-state index in [2.05, 4.69) is 4.57 Å². The molecule has 0 radical (unpaired) electrons. The lowest BCUT2D eigenvalue weighted by molar-refractivity contribution is -0.160. The van der Waals surface area contributed by atoms with Crippen LogP contribution in [-0.2, 0) is 34.0 Å². The Kier molecular flexibility index (Phi) is 5.02. The van der Waals surface area contributed by atoms with Crippen LogP contribution in [0.1, 0.15) is 28.8 Å². The molecule has 0 saturated heterocycles. The fourth-order valence-corrected chi connectivity index (χ4v) is 5.69. The second kappa shape index (κ2) is 7.78. The van der Waals surface area contributed by atoms with Gasteiger partial charge in [0.25, 0.3) is 0 Å². The van der Waals surface area contributed by atoms with Crippen molar-refractivity contribution in [1.29, 1.82) is 0 Å². The standard InChI is InChI=1S/C28H27NO4/c1-29-23-12-8-7-11-22(23)25-24(29)17-18-27(31,19-13-15-21(32-2)16-14-19)28(25,26(30)33-3)20-9-5-4-6-10-20/h4-16,31H,17-18H2,1-3H3. The highest BCUT2D eigenvalue weighted by atomic mass is 16.5. The van der Waals surface area contributed by atoms with E-state index in [1.807, 2.05) is 85.9 Å². The number of hydrogen-bond donors (Lipinski definition) is 1. The number of carbonyl (C=O) groups excluding carboxylic acids is 1. The summed E-state index contributed by atoms with van der Waals surface area (Å²) in [5, 5.41) is 13.6. The fraction of sp³-hybridized carbons (Fsp3) is 0.250. The fourth-order valence-electron chi connectivity index (χ4n) is 5.69. The van der Waals surface area contributed by atoms with E-state index in [4.69, 9.17) is 9.47 Å². The summed E-state index contributed by atoms with van der Waals surface area (Å²) >= 11 is 0. The molecule has 4 aromatic rings. The molecule has 1 heterocycles. The minimum atomic E-state index is -1.54. The number of methoxy groups -OCH3 is 2. The van der Waals surface area contributed by atoms with Crippen LogP contribution in [0.3, 0.4) is 0 Å². The number of nitrogens with zero attached hydrogens (tertiary/aromatic N) is 1. The van der Waals surface area contributed by atoms with Gasteiger partial charge in [0, 0.05) is 29.2 Å². The van der Waals surface area contributed by atoms with Crippen LogP contribution in [0.5, 0.6) is 5.75 Å². The Morgan fingerprint density at radius 3 is 2.24 bits per heavy atom. The second-order valence-corrected chi connectivity index (χ2v) is 8.59.